The molecule has 1 amide bonds. The van der Waals surface area contributed by atoms with E-state index < -0.39 is 15.6 Å². The summed E-state index contributed by atoms with van der Waals surface area (Å²) in [5.74, 6) is 0.360. The highest BCUT2D eigenvalue weighted by atomic mass is 32.2. The lowest BCUT2D eigenvalue weighted by Crippen LogP contribution is -2.41. The molecular weight excluding hydrogens is 416 g/mol. The summed E-state index contributed by atoms with van der Waals surface area (Å²) in [7, 11) is -3.70. The molecule has 9 nitrogen and oxygen atoms in total. The zero-order chi connectivity index (χ0) is 22.8. The van der Waals surface area contributed by atoms with Crippen molar-refractivity contribution in [2.75, 3.05) is 0 Å². The average molecular weight is 445 g/mol. The molecule has 0 saturated carbocycles. The molecule has 166 valence electrons. The van der Waals surface area contributed by atoms with Gasteiger partial charge in [0.1, 0.15) is 6.33 Å². The van der Waals surface area contributed by atoms with Crippen molar-refractivity contribution < 1.29 is 13.2 Å². The van der Waals surface area contributed by atoms with Gasteiger partial charge in [0.25, 0.3) is 5.78 Å². The van der Waals surface area contributed by atoms with Crippen molar-refractivity contribution in [1.82, 2.24) is 29.6 Å². The molecule has 0 aliphatic carbocycles. The van der Waals surface area contributed by atoms with Crippen LogP contribution >= 0.6 is 0 Å². The van der Waals surface area contributed by atoms with E-state index in [4.69, 9.17) is 0 Å². The Hall–Kier alpha value is -2.85. The quantitative estimate of drug-likeness (QED) is 0.576. The topological polar surface area (TPSA) is 118 Å². The molecule has 0 spiro atoms. The van der Waals surface area contributed by atoms with Crippen LogP contribution in [0, 0.1) is 13.8 Å². The van der Waals surface area contributed by atoms with Crippen LogP contribution in [0.5, 0.6) is 0 Å². The lowest BCUT2D eigenvalue weighted by molar-refractivity contribution is -0.121. The van der Waals surface area contributed by atoms with Crippen LogP contribution in [0.25, 0.3) is 5.78 Å². The van der Waals surface area contributed by atoms with Gasteiger partial charge >= 0.3 is 0 Å². The number of benzene rings is 1. The number of hydrogen-bond donors (Lipinski definition) is 2. The number of carbonyl (C=O) groups is 1. The highest BCUT2D eigenvalue weighted by Gasteiger charge is 2.24. The summed E-state index contributed by atoms with van der Waals surface area (Å²) >= 11 is 0. The minimum Gasteiger partial charge on any atom is -0.352 e. The molecule has 2 aromatic heterocycles. The molecule has 0 unspecified atom stereocenters. The van der Waals surface area contributed by atoms with Gasteiger partial charge in [-0.15, -0.1) is 0 Å². The van der Waals surface area contributed by atoms with Crippen LogP contribution in [0.2, 0.25) is 0 Å². The molecule has 0 saturated heterocycles. The van der Waals surface area contributed by atoms with E-state index in [0.29, 0.717) is 17.8 Å². The van der Waals surface area contributed by atoms with Crippen LogP contribution in [-0.2, 0) is 27.8 Å². The van der Waals surface area contributed by atoms with Crippen molar-refractivity contribution in [3.63, 3.8) is 0 Å². The molecular formula is C21H28N6O3S. The number of hydrogen-bond acceptors (Lipinski definition) is 6. The number of amides is 1. The molecule has 2 N–H and O–H groups in total. The minimum absolute atomic E-state index is 0.123. The van der Waals surface area contributed by atoms with E-state index in [1.54, 1.807) is 49.6 Å². The average Bonchev–Trinajstić information content (AvgIpc) is 3.13. The summed E-state index contributed by atoms with van der Waals surface area (Å²) in [4.78, 5) is 21.2. The second-order valence-corrected chi connectivity index (χ2v) is 10.1. The Bertz CT molecular complexity index is 1210. The van der Waals surface area contributed by atoms with Gasteiger partial charge in [0.2, 0.25) is 15.9 Å². The third kappa shape index (κ3) is 5.45. The van der Waals surface area contributed by atoms with E-state index in [2.05, 4.69) is 25.1 Å². The zero-order valence-electron chi connectivity index (χ0n) is 18.4. The molecule has 31 heavy (non-hydrogen) atoms. The smallest absolute Gasteiger partial charge is 0.252 e. The van der Waals surface area contributed by atoms with E-state index in [-0.39, 0.29) is 23.8 Å². The van der Waals surface area contributed by atoms with Gasteiger partial charge in [-0.05, 0) is 58.2 Å². The standard InChI is InChI=1S/C21H28N6O3S/c1-14-17(15(2)27-20(25-14)23-13-24-27)10-11-19(28)22-12-16-8-6-7-9-18(16)31(29,30)26-21(3,4)5/h6-9,13,26H,10-12H2,1-5H3,(H,22,28). The van der Waals surface area contributed by atoms with Gasteiger partial charge in [-0.1, -0.05) is 18.2 Å². The van der Waals surface area contributed by atoms with Crippen molar-refractivity contribution in [3.8, 4) is 0 Å². The molecule has 10 heteroatoms. The molecule has 0 atom stereocenters. The van der Waals surface area contributed by atoms with Crippen molar-refractivity contribution >= 4 is 21.7 Å². The van der Waals surface area contributed by atoms with Gasteiger partial charge in [-0.25, -0.2) is 22.6 Å². The molecule has 2 heterocycles. The highest BCUT2D eigenvalue weighted by Crippen LogP contribution is 2.18. The van der Waals surface area contributed by atoms with Gasteiger partial charge in [0, 0.05) is 29.9 Å². The summed E-state index contributed by atoms with van der Waals surface area (Å²) in [6.45, 7) is 9.28. The van der Waals surface area contributed by atoms with E-state index in [1.165, 1.54) is 6.33 Å². The number of rotatable bonds is 7. The molecule has 1 aromatic carbocycles. The van der Waals surface area contributed by atoms with E-state index in [9.17, 15) is 13.2 Å². The van der Waals surface area contributed by atoms with E-state index in [1.807, 2.05) is 13.8 Å². The number of fused-ring (bicyclic) bond motifs is 1. The maximum Gasteiger partial charge on any atom is 0.252 e. The first-order chi connectivity index (χ1) is 14.5. The largest absolute Gasteiger partial charge is 0.352 e. The van der Waals surface area contributed by atoms with Crippen LogP contribution in [-0.4, -0.2) is 39.4 Å². The molecule has 3 rings (SSSR count). The summed E-state index contributed by atoms with van der Waals surface area (Å²) in [6, 6.07) is 6.67. The fourth-order valence-electron chi connectivity index (χ4n) is 3.41. The van der Waals surface area contributed by atoms with Gasteiger partial charge in [-0.2, -0.15) is 10.1 Å². The van der Waals surface area contributed by atoms with E-state index >= 15 is 0 Å². The minimum atomic E-state index is -3.70. The molecule has 0 aliphatic rings. The molecule has 0 fully saturated rings. The Morgan fingerprint density at radius 3 is 2.58 bits per heavy atom. The molecule has 0 radical (unpaired) electrons. The van der Waals surface area contributed by atoms with Crippen LogP contribution in [0.3, 0.4) is 0 Å². The highest BCUT2D eigenvalue weighted by molar-refractivity contribution is 7.89. The monoisotopic (exact) mass is 444 g/mol. The number of aryl methyl sites for hydroxylation is 2. The van der Waals surface area contributed by atoms with Crippen LogP contribution in [0.15, 0.2) is 35.5 Å². The maximum atomic E-state index is 12.7. The van der Waals surface area contributed by atoms with Crippen molar-refractivity contribution in [2.45, 2.75) is 64.4 Å². The lowest BCUT2D eigenvalue weighted by Gasteiger charge is -2.21. The second-order valence-electron chi connectivity index (χ2n) is 8.47. The number of nitrogens with zero attached hydrogens (tertiary/aromatic N) is 4. The SMILES string of the molecule is Cc1nc2ncnn2c(C)c1CCC(=O)NCc1ccccc1S(=O)(=O)NC(C)(C)C. The molecule has 0 bridgehead atoms. The second kappa shape index (κ2) is 8.72. The Balaban J connectivity index is 1.67. The Kier molecular flexibility index (Phi) is 6.42. The number of sulfonamides is 1. The summed E-state index contributed by atoms with van der Waals surface area (Å²) < 4.78 is 29.8. The first kappa shape index (κ1) is 22.8. The van der Waals surface area contributed by atoms with Gasteiger partial charge in [-0.3, -0.25) is 4.79 Å². The predicted octanol–water partition coefficient (Wildman–Crippen LogP) is 2.07. The first-order valence-electron chi connectivity index (χ1n) is 10.0. The Morgan fingerprint density at radius 1 is 1.16 bits per heavy atom. The van der Waals surface area contributed by atoms with Gasteiger partial charge < -0.3 is 5.32 Å². The summed E-state index contributed by atoms with van der Waals surface area (Å²) in [6.07, 6.45) is 2.20. The Morgan fingerprint density at radius 2 is 1.87 bits per heavy atom. The predicted molar refractivity (Wildman–Crippen MR) is 117 cm³/mol. The normalized spacial score (nSPS) is 12.3. The molecule has 3 aromatic rings. The summed E-state index contributed by atoms with van der Waals surface area (Å²) in [5, 5.41) is 6.99. The van der Waals surface area contributed by atoms with Gasteiger partial charge in [0.05, 0.1) is 4.90 Å². The summed E-state index contributed by atoms with van der Waals surface area (Å²) in [5.41, 5.74) is 2.59. The van der Waals surface area contributed by atoms with E-state index in [0.717, 1.165) is 17.0 Å². The zero-order valence-corrected chi connectivity index (χ0v) is 19.2. The van der Waals surface area contributed by atoms with Crippen LogP contribution in [0.4, 0.5) is 0 Å². The number of carbonyl (C=O) groups excluding carboxylic acids is 1. The molecule has 0 aliphatic heterocycles. The lowest BCUT2D eigenvalue weighted by atomic mass is 10.1. The number of nitrogens with one attached hydrogen (secondary N) is 2. The fraction of sp³-hybridized carbons (Fsp3) is 0.429. The van der Waals surface area contributed by atoms with Crippen molar-refractivity contribution in [3.05, 3.63) is 53.1 Å². The van der Waals surface area contributed by atoms with Crippen molar-refractivity contribution in [1.29, 1.82) is 0 Å². The number of aromatic nitrogens is 4. The third-order valence-corrected chi connectivity index (χ3v) is 6.63. The van der Waals surface area contributed by atoms with Crippen LogP contribution < -0.4 is 10.0 Å². The van der Waals surface area contributed by atoms with Crippen molar-refractivity contribution in [2.24, 2.45) is 0 Å². The maximum absolute atomic E-state index is 12.7. The van der Waals surface area contributed by atoms with Gasteiger partial charge in [0.15, 0.2) is 0 Å². The van der Waals surface area contributed by atoms with Crippen LogP contribution in [0.1, 0.15) is 49.7 Å². The Labute approximate surface area is 182 Å². The first-order valence-corrected chi connectivity index (χ1v) is 11.5. The fourth-order valence-corrected chi connectivity index (χ4v) is 5.07. The third-order valence-electron chi connectivity index (χ3n) is 4.77.